The summed E-state index contributed by atoms with van der Waals surface area (Å²) in [7, 11) is 0. The summed E-state index contributed by atoms with van der Waals surface area (Å²) in [5.41, 5.74) is 2.70. The van der Waals surface area contributed by atoms with Gasteiger partial charge >= 0.3 is 6.18 Å². The van der Waals surface area contributed by atoms with Gasteiger partial charge in [-0.2, -0.15) is 13.2 Å². The van der Waals surface area contributed by atoms with Crippen molar-refractivity contribution in [3.8, 4) is 0 Å². The number of carbonyl (C=O) groups is 2. The third-order valence-corrected chi connectivity index (χ3v) is 5.23. The molecule has 0 saturated carbocycles. The van der Waals surface area contributed by atoms with E-state index in [0.717, 1.165) is 16.5 Å². The van der Waals surface area contributed by atoms with E-state index in [0.29, 0.717) is 24.0 Å². The van der Waals surface area contributed by atoms with Crippen molar-refractivity contribution in [2.45, 2.75) is 45.3 Å². The molecule has 1 heterocycles. The van der Waals surface area contributed by atoms with E-state index in [-0.39, 0.29) is 30.7 Å². The molecule has 2 amide bonds. The number of halogens is 3. The quantitative estimate of drug-likeness (QED) is 0.762. The average Bonchev–Trinajstić information content (AvgIpc) is 2.70. The van der Waals surface area contributed by atoms with E-state index >= 15 is 0 Å². The SMILES string of the molecule is CC(=O)NC[C@@H](C)NC(=O)c1cnc2c(C3=CC[C@@H](C(F)(F)F)CC3)cccc2c1. The normalized spacial score (nSPS) is 17.9. The van der Waals surface area contributed by atoms with E-state index < -0.39 is 12.1 Å². The molecule has 1 aromatic heterocycles. The van der Waals surface area contributed by atoms with Crippen molar-refractivity contribution in [2.75, 3.05) is 6.54 Å². The summed E-state index contributed by atoms with van der Waals surface area (Å²) in [6, 6.07) is 6.96. The Kier molecular flexibility index (Phi) is 6.43. The van der Waals surface area contributed by atoms with Gasteiger partial charge in [0.1, 0.15) is 0 Å². The average molecular weight is 419 g/mol. The van der Waals surface area contributed by atoms with E-state index in [1.807, 2.05) is 18.2 Å². The molecule has 1 aliphatic rings. The second-order valence-corrected chi connectivity index (χ2v) is 7.66. The van der Waals surface area contributed by atoms with Gasteiger partial charge in [-0.05, 0) is 37.8 Å². The van der Waals surface area contributed by atoms with Crippen LogP contribution in [0.1, 0.15) is 49.0 Å². The fourth-order valence-electron chi connectivity index (χ4n) is 3.58. The van der Waals surface area contributed by atoms with E-state index in [9.17, 15) is 22.8 Å². The number of allylic oxidation sites excluding steroid dienone is 2. The van der Waals surface area contributed by atoms with Gasteiger partial charge in [0, 0.05) is 36.7 Å². The number of nitrogens with zero attached hydrogens (tertiary/aromatic N) is 1. The number of aromatic nitrogens is 1. The van der Waals surface area contributed by atoms with E-state index in [1.165, 1.54) is 13.1 Å². The maximum absolute atomic E-state index is 12.9. The minimum atomic E-state index is -4.17. The van der Waals surface area contributed by atoms with E-state index in [2.05, 4.69) is 15.6 Å². The number of para-hydroxylation sites is 1. The minimum Gasteiger partial charge on any atom is -0.354 e. The Morgan fingerprint density at radius 3 is 2.70 bits per heavy atom. The monoisotopic (exact) mass is 419 g/mol. The molecule has 5 nitrogen and oxygen atoms in total. The van der Waals surface area contributed by atoms with Crippen molar-refractivity contribution in [1.29, 1.82) is 0 Å². The lowest BCUT2D eigenvalue weighted by Gasteiger charge is -2.24. The third-order valence-electron chi connectivity index (χ3n) is 5.23. The molecule has 0 fully saturated rings. The summed E-state index contributed by atoms with van der Waals surface area (Å²) < 4.78 is 38.8. The van der Waals surface area contributed by atoms with Crippen molar-refractivity contribution >= 4 is 28.3 Å². The molecule has 8 heteroatoms. The first-order valence-electron chi connectivity index (χ1n) is 9.85. The van der Waals surface area contributed by atoms with Gasteiger partial charge in [0.25, 0.3) is 5.91 Å². The van der Waals surface area contributed by atoms with Crippen LogP contribution in [0.3, 0.4) is 0 Å². The highest BCUT2D eigenvalue weighted by Gasteiger charge is 2.39. The molecular formula is C22H24F3N3O2. The van der Waals surface area contributed by atoms with Crippen molar-refractivity contribution in [3.63, 3.8) is 0 Å². The molecule has 2 N–H and O–H groups in total. The Morgan fingerprint density at radius 1 is 1.30 bits per heavy atom. The molecule has 2 atom stereocenters. The third kappa shape index (κ3) is 5.17. The number of hydrogen-bond donors (Lipinski definition) is 2. The van der Waals surface area contributed by atoms with Gasteiger partial charge in [-0.1, -0.05) is 24.3 Å². The number of carbonyl (C=O) groups excluding carboxylic acids is 2. The number of rotatable bonds is 5. The number of hydrogen-bond acceptors (Lipinski definition) is 3. The van der Waals surface area contributed by atoms with Crippen LogP contribution in [0.5, 0.6) is 0 Å². The number of pyridine rings is 1. The molecule has 0 radical (unpaired) electrons. The van der Waals surface area contributed by atoms with Crippen LogP contribution in [-0.4, -0.2) is 35.6 Å². The van der Waals surface area contributed by atoms with Crippen molar-refractivity contribution < 1.29 is 22.8 Å². The zero-order valence-corrected chi connectivity index (χ0v) is 16.8. The Morgan fingerprint density at radius 2 is 2.07 bits per heavy atom. The molecule has 160 valence electrons. The zero-order chi connectivity index (χ0) is 21.9. The highest BCUT2D eigenvalue weighted by molar-refractivity contribution is 5.99. The molecule has 1 aliphatic carbocycles. The Labute approximate surface area is 172 Å². The topological polar surface area (TPSA) is 71.1 Å². The number of benzene rings is 1. The van der Waals surface area contributed by atoms with Crippen molar-refractivity contribution in [1.82, 2.24) is 15.6 Å². The number of fused-ring (bicyclic) bond motifs is 1. The number of amides is 2. The molecule has 2 aromatic rings. The molecule has 0 unspecified atom stereocenters. The molecular weight excluding hydrogens is 395 g/mol. The number of nitrogens with one attached hydrogen (secondary N) is 2. The maximum atomic E-state index is 12.9. The largest absolute Gasteiger partial charge is 0.392 e. The van der Waals surface area contributed by atoms with Crippen LogP contribution in [0.15, 0.2) is 36.5 Å². The lowest BCUT2D eigenvalue weighted by molar-refractivity contribution is -0.175. The summed E-state index contributed by atoms with van der Waals surface area (Å²) >= 11 is 0. The lowest BCUT2D eigenvalue weighted by Crippen LogP contribution is -2.41. The first-order chi connectivity index (χ1) is 14.1. The highest BCUT2D eigenvalue weighted by atomic mass is 19.4. The standard InChI is InChI=1S/C22H24F3N3O2/c1-13(11-26-14(2)29)28-21(30)17-10-16-4-3-5-19(20(16)27-12-17)15-6-8-18(9-7-15)22(23,24)25/h3-6,10,12-13,18H,7-9,11H2,1-2H3,(H,26,29)(H,28,30)/t13-,18-/m1/s1. The maximum Gasteiger partial charge on any atom is 0.392 e. The van der Waals surface area contributed by atoms with Gasteiger partial charge in [0.05, 0.1) is 17.0 Å². The lowest BCUT2D eigenvalue weighted by atomic mass is 9.85. The zero-order valence-electron chi connectivity index (χ0n) is 16.8. The summed E-state index contributed by atoms with van der Waals surface area (Å²) in [6.45, 7) is 3.51. The van der Waals surface area contributed by atoms with Crippen LogP contribution in [0.4, 0.5) is 13.2 Å². The Bertz CT molecular complexity index is 985. The predicted molar refractivity (Wildman–Crippen MR) is 109 cm³/mol. The highest BCUT2D eigenvalue weighted by Crippen LogP contribution is 2.40. The second-order valence-electron chi connectivity index (χ2n) is 7.66. The van der Waals surface area contributed by atoms with Crippen LogP contribution < -0.4 is 10.6 Å². The first-order valence-corrected chi connectivity index (χ1v) is 9.85. The van der Waals surface area contributed by atoms with Gasteiger partial charge in [0.2, 0.25) is 5.91 Å². The molecule has 0 saturated heterocycles. The molecule has 1 aromatic carbocycles. The van der Waals surface area contributed by atoms with Gasteiger partial charge in [-0.25, -0.2) is 0 Å². The van der Waals surface area contributed by atoms with Gasteiger partial charge in [-0.15, -0.1) is 0 Å². The van der Waals surface area contributed by atoms with Gasteiger partial charge in [0.15, 0.2) is 0 Å². The molecule has 0 aliphatic heterocycles. The summed E-state index contributed by atoms with van der Waals surface area (Å²) in [6.07, 6.45) is -0.664. The second kappa shape index (κ2) is 8.85. The number of alkyl halides is 3. The van der Waals surface area contributed by atoms with Gasteiger partial charge in [-0.3, -0.25) is 14.6 Å². The fourth-order valence-corrected chi connectivity index (χ4v) is 3.58. The van der Waals surface area contributed by atoms with Crippen LogP contribution in [0.25, 0.3) is 16.5 Å². The predicted octanol–water partition coefficient (Wildman–Crippen LogP) is 4.24. The molecule has 30 heavy (non-hydrogen) atoms. The van der Waals surface area contributed by atoms with Gasteiger partial charge < -0.3 is 10.6 Å². The van der Waals surface area contributed by atoms with E-state index in [1.54, 1.807) is 19.1 Å². The van der Waals surface area contributed by atoms with E-state index in [4.69, 9.17) is 0 Å². The van der Waals surface area contributed by atoms with Crippen molar-refractivity contribution in [2.24, 2.45) is 5.92 Å². The van der Waals surface area contributed by atoms with Crippen molar-refractivity contribution in [3.05, 3.63) is 47.7 Å². The Hall–Kier alpha value is -2.90. The summed E-state index contributed by atoms with van der Waals surface area (Å²) in [5, 5.41) is 6.19. The summed E-state index contributed by atoms with van der Waals surface area (Å²) in [5.74, 6) is -1.77. The van der Waals surface area contributed by atoms with Crippen LogP contribution in [-0.2, 0) is 4.79 Å². The fraction of sp³-hybridized carbons (Fsp3) is 0.409. The molecule has 0 bridgehead atoms. The van der Waals surface area contributed by atoms with Crippen LogP contribution in [0.2, 0.25) is 0 Å². The molecule has 0 spiro atoms. The first kappa shape index (κ1) is 21.8. The summed E-state index contributed by atoms with van der Waals surface area (Å²) in [4.78, 5) is 27.9. The Balaban J connectivity index is 1.78. The smallest absolute Gasteiger partial charge is 0.354 e. The van der Waals surface area contributed by atoms with Crippen LogP contribution in [0, 0.1) is 5.92 Å². The molecule has 3 rings (SSSR count). The van der Waals surface area contributed by atoms with Crippen LogP contribution >= 0.6 is 0 Å². The minimum absolute atomic E-state index is 0.0259.